The molecule has 126 valence electrons. The van der Waals surface area contributed by atoms with Crippen LogP contribution in [-0.4, -0.2) is 32.6 Å². The quantitative estimate of drug-likeness (QED) is 0.665. The fourth-order valence-electron chi connectivity index (χ4n) is 3.10. The molecule has 1 aromatic carbocycles. The van der Waals surface area contributed by atoms with E-state index in [0.717, 1.165) is 24.8 Å². The number of piperidine rings is 1. The van der Waals surface area contributed by atoms with E-state index in [9.17, 15) is 14.9 Å². The molecule has 0 radical (unpaired) electrons. The first kappa shape index (κ1) is 16.0. The molecular formula is C16H19N5O3. The van der Waals surface area contributed by atoms with Crippen LogP contribution in [0.15, 0.2) is 30.6 Å². The van der Waals surface area contributed by atoms with Gasteiger partial charge in [-0.15, -0.1) is 0 Å². The van der Waals surface area contributed by atoms with Crippen LogP contribution in [0.5, 0.6) is 0 Å². The average Bonchev–Trinajstić information content (AvgIpc) is 3.09. The number of carbonyl (C=O) groups is 1. The molecule has 24 heavy (non-hydrogen) atoms. The highest BCUT2D eigenvalue weighted by Gasteiger charge is 2.28. The fraction of sp³-hybridized carbons (Fsp3) is 0.375. The number of urea groups is 1. The predicted molar refractivity (Wildman–Crippen MR) is 88.7 cm³/mol. The number of likely N-dealkylation sites (tertiary alicyclic amines) is 1. The van der Waals surface area contributed by atoms with Crippen LogP contribution >= 0.6 is 0 Å². The van der Waals surface area contributed by atoms with Gasteiger partial charge < -0.3 is 10.2 Å². The summed E-state index contributed by atoms with van der Waals surface area (Å²) in [5.41, 5.74) is 2.11. The average molecular weight is 329 g/mol. The molecule has 8 heteroatoms. The van der Waals surface area contributed by atoms with Crippen molar-refractivity contribution in [2.45, 2.75) is 32.2 Å². The van der Waals surface area contributed by atoms with Crippen LogP contribution in [0.1, 0.15) is 36.4 Å². The molecule has 1 aromatic heterocycles. The maximum Gasteiger partial charge on any atom is 0.322 e. The SMILES string of the molecule is Cc1cc(NC(=O)N2CCCCC2c2cn[nH]c2)ccc1[N+](=O)[O-]. The van der Waals surface area contributed by atoms with Gasteiger partial charge in [0, 0.05) is 35.6 Å². The Balaban J connectivity index is 1.76. The van der Waals surface area contributed by atoms with Crippen molar-refractivity contribution in [2.24, 2.45) is 0 Å². The topological polar surface area (TPSA) is 104 Å². The third-order valence-corrected chi connectivity index (χ3v) is 4.31. The minimum absolute atomic E-state index is 0.00311. The minimum atomic E-state index is -0.430. The number of aryl methyl sites for hydroxylation is 1. The van der Waals surface area contributed by atoms with Crippen LogP contribution in [0, 0.1) is 17.0 Å². The van der Waals surface area contributed by atoms with Gasteiger partial charge in [0.2, 0.25) is 0 Å². The zero-order valence-electron chi connectivity index (χ0n) is 13.4. The van der Waals surface area contributed by atoms with E-state index in [2.05, 4.69) is 15.5 Å². The van der Waals surface area contributed by atoms with Crippen LogP contribution in [0.4, 0.5) is 16.2 Å². The first-order valence-corrected chi connectivity index (χ1v) is 7.87. The van der Waals surface area contributed by atoms with Crippen molar-refractivity contribution in [2.75, 3.05) is 11.9 Å². The summed E-state index contributed by atoms with van der Waals surface area (Å²) in [6.07, 6.45) is 6.47. The molecule has 3 rings (SSSR count). The van der Waals surface area contributed by atoms with E-state index < -0.39 is 4.92 Å². The first-order valence-electron chi connectivity index (χ1n) is 7.87. The number of rotatable bonds is 3. The molecule has 0 bridgehead atoms. The normalized spacial score (nSPS) is 17.5. The van der Waals surface area contributed by atoms with Gasteiger partial charge in [0.1, 0.15) is 0 Å². The molecule has 2 N–H and O–H groups in total. The molecule has 2 heterocycles. The Labute approximate surface area is 139 Å². The van der Waals surface area contributed by atoms with Crippen molar-refractivity contribution in [1.29, 1.82) is 0 Å². The number of aromatic nitrogens is 2. The Kier molecular flexibility index (Phi) is 4.45. The maximum absolute atomic E-state index is 12.7. The van der Waals surface area contributed by atoms with E-state index in [1.54, 1.807) is 30.2 Å². The van der Waals surface area contributed by atoms with E-state index in [-0.39, 0.29) is 17.8 Å². The van der Waals surface area contributed by atoms with Gasteiger partial charge in [0.15, 0.2) is 0 Å². The summed E-state index contributed by atoms with van der Waals surface area (Å²) in [7, 11) is 0. The van der Waals surface area contributed by atoms with Crippen molar-refractivity contribution in [1.82, 2.24) is 15.1 Å². The number of nitro groups is 1. The lowest BCUT2D eigenvalue weighted by Gasteiger charge is -2.35. The van der Waals surface area contributed by atoms with E-state index in [1.165, 1.54) is 6.07 Å². The molecule has 1 aliphatic heterocycles. The van der Waals surface area contributed by atoms with Gasteiger partial charge in [0.05, 0.1) is 17.2 Å². The number of nitro benzene ring substituents is 1. The summed E-state index contributed by atoms with van der Waals surface area (Å²) in [4.78, 5) is 24.9. The fourth-order valence-corrected chi connectivity index (χ4v) is 3.10. The molecule has 1 unspecified atom stereocenters. The van der Waals surface area contributed by atoms with Crippen LogP contribution in [-0.2, 0) is 0 Å². The van der Waals surface area contributed by atoms with Crippen molar-refractivity contribution in [3.05, 3.63) is 51.8 Å². The number of hydrogen-bond acceptors (Lipinski definition) is 4. The maximum atomic E-state index is 12.7. The molecule has 8 nitrogen and oxygen atoms in total. The minimum Gasteiger partial charge on any atom is -0.317 e. The number of carbonyl (C=O) groups excluding carboxylic acids is 1. The zero-order valence-corrected chi connectivity index (χ0v) is 13.4. The van der Waals surface area contributed by atoms with E-state index in [0.29, 0.717) is 17.8 Å². The highest BCUT2D eigenvalue weighted by molar-refractivity contribution is 5.90. The summed E-state index contributed by atoms with van der Waals surface area (Å²) in [6, 6.07) is 4.38. The summed E-state index contributed by atoms with van der Waals surface area (Å²) in [6.45, 7) is 2.33. The predicted octanol–water partition coefficient (Wildman–Crippen LogP) is 3.39. The Bertz CT molecular complexity index is 744. The summed E-state index contributed by atoms with van der Waals surface area (Å²) < 4.78 is 0. The Hall–Kier alpha value is -2.90. The molecular weight excluding hydrogens is 310 g/mol. The number of H-pyrrole nitrogens is 1. The van der Waals surface area contributed by atoms with Crippen molar-refractivity contribution in [3.8, 4) is 0 Å². The number of hydrogen-bond donors (Lipinski definition) is 2. The van der Waals surface area contributed by atoms with Gasteiger partial charge in [-0.05, 0) is 38.3 Å². The van der Waals surface area contributed by atoms with Crippen molar-refractivity contribution >= 4 is 17.4 Å². The van der Waals surface area contributed by atoms with E-state index in [1.807, 2.05) is 6.20 Å². The number of nitrogens with zero attached hydrogens (tertiary/aromatic N) is 3. The molecule has 0 spiro atoms. The van der Waals surface area contributed by atoms with E-state index >= 15 is 0 Å². The summed E-state index contributed by atoms with van der Waals surface area (Å²) in [5, 5.41) is 20.5. The van der Waals surface area contributed by atoms with Gasteiger partial charge in [-0.25, -0.2) is 4.79 Å². The lowest BCUT2D eigenvalue weighted by molar-refractivity contribution is -0.385. The van der Waals surface area contributed by atoms with Crippen LogP contribution in [0.2, 0.25) is 0 Å². The standard InChI is InChI=1S/C16H19N5O3/c1-11-8-13(5-6-14(11)21(23)24)19-16(22)20-7-3-2-4-15(20)12-9-17-18-10-12/h5-6,8-10,15H,2-4,7H2,1H3,(H,17,18)(H,19,22). The number of nitrogens with one attached hydrogen (secondary N) is 2. The molecule has 1 aliphatic rings. The molecule has 0 aliphatic carbocycles. The summed E-state index contributed by atoms with van der Waals surface area (Å²) in [5.74, 6) is 0. The van der Waals surface area contributed by atoms with Gasteiger partial charge >= 0.3 is 6.03 Å². The number of aromatic amines is 1. The largest absolute Gasteiger partial charge is 0.322 e. The molecule has 2 amide bonds. The van der Waals surface area contributed by atoms with Crippen LogP contribution < -0.4 is 5.32 Å². The molecule has 2 aromatic rings. The summed E-state index contributed by atoms with van der Waals surface area (Å²) >= 11 is 0. The third kappa shape index (κ3) is 3.22. The van der Waals surface area contributed by atoms with Gasteiger partial charge in [-0.2, -0.15) is 5.10 Å². The highest BCUT2D eigenvalue weighted by Crippen LogP contribution is 2.31. The molecule has 1 fully saturated rings. The van der Waals surface area contributed by atoms with Crippen LogP contribution in [0.3, 0.4) is 0 Å². The number of benzene rings is 1. The second-order valence-corrected chi connectivity index (χ2v) is 5.93. The third-order valence-electron chi connectivity index (χ3n) is 4.31. The lowest BCUT2D eigenvalue weighted by Crippen LogP contribution is -2.41. The van der Waals surface area contributed by atoms with Gasteiger partial charge in [0.25, 0.3) is 5.69 Å². The lowest BCUT2D eigenvalue weighted by atomic mass is 9.98. The second-order valence-electron chi connectivity index (χ2n) is 5.93. The molecule has 1 atom stereocenters. The van der Waals surface area contributed by atoms with Crippen LogP contribution in [0.25, 0.3) is 0 Å². The smallest absolute Gasteiger partial charge is 0.317 e. The van der Waals surface area contributed by atoms with Gasteiger partial charge in [-0.3, -0.25) is 15.2 Å². The van der Waals surface area contributed by atoms with Crippen molar-refractivity contribution in [3.63, 3.8) is 0 Å². The van der Waals surface area contributed by atoms with E-state index in [4.69, 9.17) is 0 Å². The Morgan fingerprint density at radius 1 is 1.46 bits per heavy atom. The number of anilines is 1. The van der Waals surface area contributed by atoms with Crippen molar-refractivity contribution < 1.29 is 9.72 Å². The molecule has 0 saturated carbocycles. The number of amides is 2. The Morgan fingerprint density at radius 2 is 2.29 bits per heavy atom. The zero-order chi connectivity index (χ0) is 17.1. The molecule has 1 saturated heterocycles. The Morgan fingerprint density at radius 3 is 2.96 bits per heavy atom. The van der Waals surface area contributed by atoms with Gasteiger partial charge in [-0.1, -0.05) is 0 Å². The first-order chi connectivity index (χ1) is 11.6. The monoisotopic (exact) mass is 329 g/mol. The highest BCUT2D eigenvalue weighted by atomic mass is 16.6. The second kappa shape index (κ2) is 6.69.